The first-order chi connectivity index (χ1) is 18.2. The predicted octanol–water partition coefficient (Wildman–Crippen LogP) is 5.96. The molecule has 7 nitrogen and oxygen atoms in total. The van der Waals surface area contributed by atoms with Crippen molar-refractivity contribution in [2.45, 2.75) is 96.8 Å². The van der Waals surface area contributed by atoms with Crippen LogP contribution in [0.4, 0.5) is 8.78 Å². The van der Waals surface area contributed by atoms with Crippen molar-refractivity contribution < 1.29 is 22.0 Å². The highest BCUT2D eigenvalue weighted by Gasteiger charge is 2.49. The van der Waals surface area contributed by atoms with Gasteiger partial charge in [-0.1, -0.05) is 44.5 Å². The first kappa shape index (κ1) is 31.0. The van der Waals surface area contributed by atoms with Crippen molar-refractivity contribution in [2.75, 3.05) is 13.1 Å². The van der Waals surface area contributed by atoms with Crippen LogP contribution in [0.3, 0.4) is 0 Å². The van der Waals surface area contributed by atoms with Crippen LogP contribution in [0.1, 0.15) is 99.1 Å². The average Bonchev–Trinajstić information content (AvgIpc) is 3.39. The molecule has 2 saturated carbocycles. The maximum absolute atomic E-state index is 13.7. The normalized spacial score (nSPS) is 25.6. The van der Waals surface area contributed by atoms with Gasteiger partial charge in [-0.2, -0.15) is 13.1 Å². The van der Waals surface area contributed by atoms with Gasteiger partial charge in [0.05, 0.1) is 0 Å². The zero-order chi connectivity index (χ0) is 28.3. The minimum Gasteiger partial charge on any atom is -0.311 e. The van der Waals surface area contributed by atoms with E-state index in [0.717, 1.165) is 58.9 Å². The second-order valence-corrected chi connectivity index (χ2v) is 15.1. The summed E-state index contributed by atoms with van der Waals surface area (Å²) in [5.74, 6) is -2.64. The first-order valence-corrected chi connectivity index (χ1v) is 15.6. The summed E-state index contributed by atoms with van der Waals surface area (Å²) in [5, 5.41) is 9.13. The van der Waals surface area contributed by atoms with E-state index in [4.69, 9.17) is 0 Å². The number of carbonyl (C=O) groups is 1. The van der Waals surface area contributed by atoms with Gasteiger partial charge in [-0.25, -0.2) is 8.42 Å². The Balaban J connectivity index is 0.00000370. The van der Waals surface area contributed by atoms with E-state index in [2.05, 4.69) is 35.5 Å². The molecule has 0 radical (unpaired) electrons. The van der Waals surface area contributed by atoms with Crippen molar-refractivity contribution >= 4 is 28.2 Å². The summed E-state index contributed by atoms with van der Waals surface area (Å²) >= 11 is 0. The summed E-state index contributed by atoms with van der Waals surface area (Å²) in [6.45, 7) is 10.2. The topological polar surface area (TPSA) is 85.2 Å². The van der Waals surface area contributed by atoms with E-state index in [0.29, 0.717) is 11.7 Å². The molecule has 1 saturated heterocycles. The number of sulfonamides is 1. The van der Waals surface area contributed by atoms with Crippen LogP contribution in [-0.4, -0.2) is 52.1 Å². The molecule has 2 atom stereocenters. The van der Waals surface area contributed by atoms with Crippen molar-refractivity contribution in [3.05, 3.63) is 46.5 Å². The molecule has 1 aromatic carbocycles. The van der Waals surface area contributed by atoms with Crippen LogP contribution in [0, 0.1) is 31.1 Å². The van der Waals surface area contributed by atoms with Gasteiger partial charge in [0, 0.05) is 43.3 Å². The van der Waals surface area contributed by atoms with Gasteiger partial charge in [0.25, 0.3) is 10.0 Å². The van der Waals surface area contributed by atoms with E-state index in [1.165, 1.54) is 0 Å². The van der Waals surface area contributed by atoms with Crippen molar-refractivity contribution in [3.63, 3.8) is 0 Å². The fourth-order valence-corrected chi connectivity index (χ4v) is 7.53. The van der Waals surface area contributed by atoms with Crippen molar-refractivity contribution in [1.29, 1.82) is 0 Å². The first-order valence-electron chi connectivity index (χ1n) is 14.0. The van der Waals surface area contributed by atoms with Crippen LogP contribution in [-0.2, 0) is 21.2 Å². The molecule has 2 aliphatic carbocycles. The number of ketones is 1. The van der Waals surface area contributed by atoms with Gasteiger partial charge < -0.3 is 4.57 Å². The molecule has 1 aromatic heterocycles. The number of aromatic nitrogens is 3. The number of halogens is 3. The van der Waals surface area contributed by atoms with E-state index in [1.807, 2.05) is 32.0 Å². The fourth-order valence-electron chi connectivity index (χ4n) is 6.57. The number of nitrogens with zero attached hydrogens (tertiary/aromatic N) is 4. The molecular formula is C29H41ClF2N4O3S. The highest BCUT2D eigenvalue weighted by Crippen LogP contribution is 2.50. The maximum atomic E-state index is 13.7. The van der Waals surface area contributed by atoms with E-state index >= 15 is 0 Å². The molecule has 3 fully saturated rings. The maximum Gasteiger partial charge on any atom is 0.350 e. The Morgan fingerprint density at radius 2 is 1.73 bits per heavy atom. The van der Waals surface area contributed by atoms with Gasteiger partial charge in [-0.05, 0) is 68.4 Å². The molecule has 2 heterocycles. The van der Waals surface area contributed by atoms with Crippen molar-refractivity contribution in [2.24, 2.45) is 17.3 Å². The quantitative estimate of drug-likeness (QED) is 0.355. The molecular weight excluding hydrogens is 558 g/mol. The molecule has 40 heavy (non-hydrogen) atoms. The zero-order valence-corrected chi connectivity index (χ0v) is 25.6. The lowest BCUT2D eigenvalue weighted by Gasteiger charge is -2.38. The van der Waals surface area contributed by atoms with Gasteiger partial charge in [0.2, 0.25) is 0 Å². The van der Waals surface area contributed by atoms with E-state index < -0.39 is 27.6 Å². The largest absolute Gasteiger partial charge is 0.350 e. The molecule has 11 heteroatoms. The predicted molar refractivity (Wildman–Crippen MR) is 152 cm³/mol. The smallest absolute Gasteiger partial charge is 0.311 e. The molecule has 0 spiro atoms. The van der Waals surface area contributed by atoms with Gasteiger partial charge in [-0.15, -0.1) is 22.6 Å². The zero-order valence-electron chi connectivity index (χ0n) is 23.9. The second kappa shape index (κ2) is 11.4. The summed E-state index contributed by atoms with van der Waals surface area (Å²) in [5.41, 5.74) is 3.19. The number of benzene rings is 1. The second-order valence-electron chi connectivity index (χ2n) is 13.2. The van der Waals surface area contributed by atoms with Crippen LogP contribution >= 0.6 is 12.4 Å². The minimum absolute atomic E-state index is 0. The Morgan fingerprint density at radius 1 is 1.07 bits per heavy atom. The minimum atomic E-state index is -4.83. The molecule has 3 aliphatic rings. The van der Waals surface area contributed by atoms with Gasteiger partial charge >= 0.3 is 5.76 Å². The third-order valence-corrected chi connectivity index (χ3v) is 10.1. The Kier molecular flexibility index (Phi) is 8.85. The summed E-state index contributed by atoms with van der Waals surface area (Å²) in [6, 6.07) is 6.08. The third-order valence-electron chi connectivity index (χ3n) is 8.64. The van der Waals surface area contributed by atoms with Gasteiger partial charge in [-0.3, -0.25) is 4.79 Å². The van der Waals surface area contributed by atoms with Crippen LogP contribution in [0.2, 0.25) is 0 Å². The summed E-state index contributed by atoms with van der Waals surface area (Å²) in [6.07, 6.45) is 5.29. The Hall–Kier alpha value is -1.91. The van der Waals surface area contributed by atoms with E-state index in [-0.39, 0.29) is 55.1 Å². The monoisotopic (exact) mass is 598 g/mol. The number of hydrogen-bond acceptors (Lipinski definition) is 5. The molecule has 222 valence electrons. The Morgan fingerprint density at radius 3 is 2.30 bits per heavy atom. The molecule has 0 unspecified atom stereocenters. The summed E-state index contributed by atoms with van der Waals surface area (Å²) in [7, 11) is -4.83. The molecule has 1 aliphatic heterocycles. The van der Waals surface area contributed by atoms with E-state index in [1.54, 1.807) is 0 Å². The number of aryl methyl sites for hydroxylation is 2. The van der Waals surface area contributed by atoms with E-state index in [9.17, 15) is 22.0 Å². The third kappa shape index (κ3) is 6.28. The molecule has 0 bridgehead atoms. The Bertz CT molecular complexity index is 1350. The molecule has 0 N–H and O–H groups in total. The number of Topliss-reactive ketones (excluding diaryl/α,β-unsaturated/α-hetero) is 1. The molecule has 5 rings (SSSR count). The van der Waals surface area contributed by atoms with Crippen molar-refractivity contribution in [1.82, 2.24) is 19.1 Å². The SMILES string of the molecule is Cc1ccc(CC(=O)[C@H]2CN(S(=O)(=O)C(F)F)C[C@@H]2c2nnc(C3CC(CC(C)(C)C)C3)n2C2CC2)c(C)c1.Cl. The number of alkyl halides is 2. The van der Waals surface area contributed by atoms with Crippen LogP contribution in [0.15, 0.2) is 18.2 Å². The highest BCUT2D eigenvalue weighted by atomic mass is 35.5. The van der Waals surface area contributed by atoms with Crippen LogP contribution < -0.4 is 0 Å². The lowest BCUT2D eigenvalue weighted by Crippen LogP contribution is -2.34. The van der Waals surface area contributed by atoms with Gasteiger partial charge in [0.1, 0.15) is 17.4 Å². The van der Waals surface area contributed by atoms with Gasteiger partial charge in [0.15, 0.2) is 0 Å². The summed E-state index contributed by atoms with van der Waals surface area (Å²) in [4.78, 5) is 13.7. The lowest BCUT2D eigenvalue weighted by atomic mass is 9.68. The molecule has 0 amide bonds. The average molecular weight is 599 g/mol. The lowest BCUT2D eigenvalue weighted by molar-refractivity contribution is -0.122. The van der Waals surface area contributed by atoms with Crippen LogP contribution in [0.25, 0.3) is 0 Å². The molecule has 2 aromatic rings. The number of carbonyl (C=O) groups excluding carboxylic acids is 1. The fraction of sp³-hybridized carbons (Fsp3) is 0.690. The standard InChI is InChI=1S/C29H40F2N4O3S.ClH/c1-17-6-7-20(18(2)10-17)13-25(36)23-15-34(39(37,38)28(30)31)16-24(23)27-33-32-26(35(27)22-8-9-22)21-11-19(12-21)14-29(3,4)5;/h6-7,10,19,21-24,28H,8-9,11-16H2,1-5H3;1H/t19?,21?,23-,24-;/m0./s1. The Labute approximate surface area is 242 Å². The van der Waals surface area contributed by atoms with Crippen molar-refractivity contribution in [3.8, 4) is 0 Å². The summed E-state index contributed by atoms with van der Waals surface area (Å²) < 4.78 is 55.0. The highest BCUT2D eigenvalue weighted by molar-refractivity contribution is 7.89. The number of hydrogen-bond donors (Lipinski definition) is 0. The van der Waals surface area contributed by atoms with Crippen LogP contribution in [0.5, 0.6) is 0 Å². The number of rotatable bonds is 9.